The van der Waals surface area contributed by atoms with Gasteiger partial charge in [-0.15, -0.1) is 11.3 Å². The Morgan fingerprint density at radius 2 is 1.88 bits per heavy atom. The molecule has 0 spiro atoms. The van der Waals surface area contributed by atoms with Crippen molar-refractivity contribution in [3.63, 3.8) is 0 Å². The number of nitrogens with zero attached hydrogens (tertiary/aromatic N) is 5. The van der Waals surface area contributed by atoms with Gasteiger partial charge in [0, 0.05) is 37.1 Å². The smallest absolute Gasteiger partial charge is 0.257 e. The second-order valence-electron chi connectivity index (χ2n) is 5.97. The first-order chi connectivity index (χ1) is 12.8. The molecule has 26 heavy (non-hydrogen) atoms. The molecule has 1 amide bonds. The van der Waals surface area contributed by atoms with Crippen molar-refractivity contribution in [3.8, 4) is 10.8 Å². The van der Waals surface area contributed by atoms with E-state index in [1.165, 1.54) is 11.3 Å². The largest absolute Gasteiger partial charge is 0.364 e. The zero-order chi connectivity index (χ0) is 17.8. The Labute approximate surface area is 155 Å². The first-order valence-electron chi connectivity index (χ1n) is 8.51. The standard InChI is InChI=1S/C18H18N6OS/c25-18(24-9-1-2-10-24)14-5-3-6-19-15(14)22-11-13-12-26-17(23-13)16-20-7-4-8-21-16/h3-8,12H,1-2,9-11H2,(H,19,22). The highest BCUT2D eigenvalue weighted by Gasteiger charge is 2.22. The molecule has 0 saturated carbocycles. The second-order valence-corrected chi connectivity index (χ2v) is 6.83. The number of pyridine rings is 1. The normalized spacial score (nSPS) is 13.8. The maximum atomic E-state index is 12.7. The van der Waals surface area contributed by atoms with Crippen LogP contribution in [0.15, 0.2) is 42.2 Å². The Bertz CT molecular complexity index is 891. The predicted molar refractivity (Wildman–Crippen MR) is 99.8 cm³/mol. The van der Waals surface area contributed by atoms with Crippen molar-refractivity contribution in [2.75, 3.05) is 18.4 Å². The summed E-state index contributed by atoms with van der Waals surface area (Å²) in [6.45, 7) is 2.13. The first-order valence-corrected chi connectivity index (χ1v) is 9.39. The number of carbonyl (C=O) groups is 1. The van der Waals surface area contributed by atoms with Crippen LogP contribution in [0.4, 0.5) is 5.82 Å². The number of hydrogen-bond donors (Lipinski definition) is 1. The molecule has 0 atom stereocenters. The summed E-state index contributed by atoms with van der Waals surface area (Å²) in [6.07, 6.45) is 7.22. The molecule has 3 aromatic heterocycles. The molecule has 1 fully saturated rings. The minimum atomic E-state index is 0.0368. The van der Waals surface area contributed by atoms with Gasteiger partial charge in [0.2, 0.25) is 0 Å². The van der Waals surface area contributed by atoms with Crippen molar-refractivity contribution in [3.05, 3.63) is 53.4 Å². The lowest BCUT2D eigenvalue weighted by Gasteiger charge is -2.17. The molecule has 8 heteroatoms. The predicted octanol–water partition coefficient (Wildman–Crippen LogP) is 2.84. The SMILES string of the molecule is O=C(c1cccnc1NCc1csc(-c2ncccn2)n1)N1CCCC1. The molecule has 0 bridgehead atoms. The fraction of sp³-hybridized carbons (Fsp3) is 0.278. The number of hydrogen-bond acceptors (Lipinski definition) is 7. The van der Waals surface area contributed by atoms with Gasteiger partial charge in [0.05, 0.1) is 17.8 Å². The average molecular weight is 366 g/mol. The number of aromatic nitrogens is 4. The van der Waals surface area contributed by atoms with E-state index in [1.807, 2.05) is 16.3 Å². The van der Waals surface area contributed by atoms with Gasteiger partial charge in [-0.1, -0.05) is 0 Å². The van der Waals surface area contributed by atoms with E-state index in [1.54, 1.807) is 30.7 Å². The van der Waals surface area contributed by atoms with Crippen LogP contribution in [0.3, 0.4) is 0 Å². The lowest BCUT2D eigenvalue weighted by Crippen LogP contribution is -2.28. The number of anilines is 1. The molecule has 1 N–H and O–H groups in total. The van der Waals surface area contributed by atoms with Crippen molar-refractivity contribution >= 4 is 23.1 Å². The third-order valence-corrected chi connectivity index (χ3v) is 5.06. The molecule has 0 aromatic carbocycles. The zero-order valence-electron chi connectivity index (χ0n) is 14.1. The highest BCUT2D eigenvalue weighted by atomic mass is 32.1. The number of carbonyl (C=O) groups excluding carboxylic acids is 1. The third kappa shape index (κ3) is 3.55. The van der Waals surface area contributed by atoms with Gasteiger partial charge in [-0.2, -0.15) is 0 Å². The lowest BCUT2D eigenvalue weighted by molar-refractivity contribution is 0.0793. The molecule has 3 aromatic rings. The maximum Gasteiger partial charge on any atom is 0.257 e. The Morgan fingerprint density at radius 3 is 2.69 bits per heavy atom. The highest BCUT2D eigenvalue weighted by Crippen LogP contribution is 2.22. The van der Waals surface area contributed by atoms with Gasteiger partial charge in [-0.3, -0.25) is 4.79 Å². The summed E-state index contributed by atoms with van der Waals surface area (Å²) in [7, 11) is 0. The minimum absolute atomic E-state index is 0.0368. The fourth-order valence-electron chi connectivity index (χ4n) is 2.88. The van der Waals surface area contributed by atoms with Crippen LogP contribution >= 0.6 is 11.3 Å². The first kappa shape index (κ1) is 16.6. The molecule has 0 radical (unpaired) electrons. The van der Waals surface area contributed by atoms with Gasteiger partial charge < -0.3 is 10.2 Å². The highest BCUT2D eigenvalue weighted by molar-refractivity contribution is 7.13. The quantitative estimate of drug-likeness (QED) is 0.747. The van der Waals surface area contributed by atoms with Crippen LogP contribution in [0.5, 0.6) is 0 Å². The molecule has 0 unspecified atom stereocenters. The van der Waals surface area contributed by atoms with Crippen LogP contribution < -0.4 is 5.32 Å². The van der Waals surface area contributed by atoms with E-state index in [9.17, 15) is 4.79 Å². The van der Waals surface area contributed by atoms with Gasteiger partial charge in [0.1, 0.15) is 5.82 Å². The maximum absolute atomic E-state index is 12.7. The van der Waals surface area contributed by atoms with E-state index in [2.05, 4.69) is 25.3 Å². The van der Waals surface area contributed by atoms with Gasteiger partial charge in [0.25, 0.3) is 5.91 Å². The molecule has 4 rings (SSSR count). The van der Waals surface area contributed by atoms with Crippen molar-refractivity contribution in [1.29, 1.82) is 0 Å². The van der Waals surface area contributed by atoms with Crippen LogP contribution in [0.2, 0.25) is 0 Å². The van der Waals surface area contributed by atoms with Crippen molar-refractivity contribution in [2.45, 2.75) is 19.4 Å². The number of thiazole rings is 1. The molecular formula is C18H18N6OS. The zero-order valence-corrected chi connectivity index (χ0v) is 14.9. The van der Waals surface area contributed by atoms with Gasteiger partial charge >= 0.3 is 0 Å². The van der Waals surface area contributed by atoms with Crippen molar-refractivity contribution in [1.82, 2.24) is 24.8 Å². The summed E-state index contributed by atoms with van der Waals surface area (Å²) in [5, 5.41) is 5.98. The van der Waals surface area contributed by atoms with E-state index in [0.29, 0.717) is 23.8 Å². The van der Waals surface area contributed by atoms with E-state index in [4.69, 9.17) is 0 Å². The summed E-state index contributed by atoms with van der Waals surface area (Å²) < 4.78 is 0. The van der Waals surface area contributed by atoms with Gasteiger partial charge in [0.15, 0.2) is 10.8 Å². The van der Waals surface area contributed by atoms with Crippen molar-refractivity contribution < 1.29 is 4.79 Å². The molecule has 1 aliphatic rings. The topological polar surface area (TPSA) is 83.9 Å². The molecule has 4 heterocycles. The third-order valence-electron chi connectivity index (χ3n) is 4.18. The second kappa shape index (κ2) is 7.57. The molecule has 1 aliphatic heterocycles. The van der Waals surface area contributed by atoms with E-state index < -0.39 is 0 Å². The summed E-state index contributed by atoms with van der Waals surface area (Å²) in [5.74, 6) is 1.25. The Hall–Kier alpha value is -2.87. The van der Waals surface area contributed by atoms with Gasteiger partial charge in [-0.25, -0.2) is 19.9 Å². The Balaban J connectivity index is 1.47. The van der Waals surface area contributed by atoms with E-state index >= 15 is 0 Å². The molecular weight excluding hydrogens is 348 g/mol. The lowest BCUT2D eigenvalue weighted by atomic mass is 10.2. The summed E-state index contributed by atoms with van der Waals surface area (Å²) in [5.41, 5.74) is 1.47. The molecule has 7 nitrogen and oxygen atoms in total. The number of rotatable bonds is 5. The molecule has 1 saturated heterocycles. The number of amides is 1. The monoisotopic (exact) mass is 366 g/mol. The fourth-order valence-corrected chi connectivity index (χ4v) is 3.65. The van der Waals surface area contributed by atoms with E-state index in [-0.39, 0.29) is 5.91 Å². The van der Waals surface area contributed by atoms with Gasteiger partial charge in [-0.05, 0) is 31.0 Å². The van der Waals surface area contributed by atoms with Crippen LogP contribution in [-0.2, 0) is 6.54 Å². The number of nitrogens with one attached hydrogen (secondary N) is 1. The summed E-state index contributed by atoms with van der Waals surface area (Å²) >= 11 is 1.50. The van der Waals surface area contributed by atoms with Crippen molar-refractivity contribution in [2.24, 2.45) is 0 Å². The van der Waals surface area contributed by atoms with Crippen LogP contribution in [0.25, 0.3) is 10.8 Å². The molecule has 132 valence electrons. The average Bonchev–Trinajstić information content (AvgIpc) is 3.39. The summed E-state index contributed by atoms with van der Waals surface area (Å²) in [6, 6.07) is 5.39. The van der Waals surface area contributed by atoms with Crippen LogP contribution in [0, 0.1) is 0 Å². The minimum Gasteiger partial charge on any atom is -0.364 e. The van der Waals surface area contributed by atoms with Crippen LogP contribution in [0.1, 0.15) is 28.9 Å². The summed E-state index contributed by atoms with van der Waals surface area (Å²) in [4.78, 5) is 31.9. The number of likely N-dealkylation sites (tertiary alicyclic amines) is 1. The Morgan fingerprint density at radius 1 is 1.12 bits per heavy atom. The van der Waals surface area contributed by atoms with Crippen LogP contribution in [-0.4, -0.2) is 43.8 Å². The molecule has 0 aliphatic carbocycles. The Kier molecular flexibility index (Phi) is 4.83. The van der Waals surface area contributed by atoms with E-state index in [0.717, 1.165) is 36.6 Å².